The summed E-state index contributed by atoms with van der Waals surface area (Å²) in [5.74, 6) is -0.458. The first kappa shape index (κ1) is 21.4. The zero-order chi connectivity index (χ0) is 18.9. The first-order valence-electron chi connectivity index (χ1n) is 9.88. The number of ketones is 1. The molecule has 0 aliphatic carbocycles. The standard InChI is InChI=1S/C21H31IN2O2/c1-2-3-4-5-6-7-14-24-15-8-9-18(19(23)21(24)26)20(25)16-10-12-17(22)13-11-16/h10-13,18-19H,2-9,14-15,23H2,1H3/t18-,19?/m0/s1. The molecule has 26 heavy (non-hydrogen) atoms. The molecule has 0 aromatic heterocycles. The van der Waals surface area contributed by atoms with Crippen LogP contribution in [0.4, 0.5) is 0 Å². The summed E-state index contributed by atoms with van der Waals surface area (Å²) in [5, 5.41) is 0. The molecule has 1 fully saturated rings. The largest absolute Gasteiger partial charge is 0.341 e. The molecule has 0 spiro atoms. The van der Waals surface area contributed by atoms with Crippen molar-refractivity contribution < 1.29 is 9.59 Å². The van der Waals surface area contributed by atoms with Crippen LogP contribution < -0.4 is 5.73 Å². The maximum atomic E-state index is 12.8. The molecule has 0 radical (unpaired) electrons. The molecule has 1 amide bonds. The van der Waals surface area contributed by atoms with Gasteiger partial charge in [-0.25, -0.2) is 0 Å². The number of Topliss-reactive ketones (excluding diaryl/α,β-unsaturated/α-hetero) is 1. The summed E-state index contributed by atoms with van der Waals surface area (Å²) in [6.07, 6.45) is 8.75. The lowest BCUT2D eigenvalue weighted by molar-refractivity contribution is -0.132. The summed E-state index contributed by atoms with van der Waals surface area (Å²) in [7, 11) is 0. The van der Waals surface area contributed by atoms with Crippen LogP contribution in [-0.2, 0) is 4.79 Å². The summed E-state index contributed by atoms with van der Waals surface area (Å²) in [4.78, 5) is 27.5. The number of hydrogen-bond donors (Lipinski definition) is 1. The van der Waals surface area contributed by atoms with Gasteiger partial charge in [-0.1, -0.05) is 51.2 Å². The zero-order valence-electron chi connectivity index (χ0n) is 15.8. The number of unbranched alkanes of at least 4 members (excludes halogenated alkanes) is 5. The highest BCUT2D eigenvalue weighted by Gasteiger charge is 2.35. The Morgan fingerprint density at radius 2 is 1.81 bits per heavy atom. The maximum Gasteiger partial charge on any atom is 0.240 e. The van der Waals surface area contributed by atoms with Crippen molar-refractivity contribution >= 4 is 34.3 Å². The number of amides is 1. The van der Waals surface area contributed by atoms with Crippen molar-refractivity contribution in [3.05, 3.63) is 33.4 Å². The van der Waals surface area contributed by atoms with E-state index in [4.69, 9.17) is 5.73 Å². The SMILES string of the molecule is CCCCCCCCN1CCC[C@H](C(=O)c2ccc(I)cc2)C(N)C1=O. The topological polar surface area (TPSA) is 63.4 Å². The Morgan fingerprint density at radius 3 is 2.50 bits per heavy atom. The molecule has 1 heterocycles. The monoisotopic (exact) mass is 470 g/mol. The van der Waals surface area contributed by atoms with Crippen molar-refractivity contribution in [3.8, 4) is 0 Å². The first-order chi connectivity index (χ1) is 12.5. The average Bonchev–Trinajstić information content (AvgIpc) is 2.78. The second kappa shape index (κ2) is 11.0. The molecule has 1 aromatic rings. The second-order valence-electron chi connectivity index (χ2n) is 7.24. The predicted molar refractivity (Wildman–Crippen MR) is 114 cm³/mol. The number of rotatable bonds is 9. The molecule has 1 saturated heterocycles. The van der Waals surface area contributed by atoms with Gasteiger partial charge in [0.2, 0.25) is 5.91 Å². The maximum absolute atomic E-state index is 12.8. The van der Waals surface area contributed by atoms with Gasteiger partial charge < -0.3 is 10.6 Å². The molecule has 5 heteroatoms. The van der Waals surface area contributed by atoms with Crippen LogP contribution in [0.15, 0.2) is 24.3 Å². The van der Waals surface area contributed by atoms with Gasteiger partial charge >= 0.3 is 0 Å². The summed E-state index contributed by atoms with van der Waals surface area (Å²) >= 11 is 2.22. The van der Waals surface area contributed by atoms with Crippen molar-refractivity contribution in [1.29, 1.82) is 0 Å². The lowest BCUT2D eigenvalue weighted by Gasteiger charge is -2.24. The predicted octanol–water partition coefficient (Wildman–Crippen LogP) is 4.40. The van der Waals surface area contributed by atoms with E-state index in [1.54, 1.807) is 0 Å². The molecule has 0 saturated carbocycles. The lowest BCUT2D eigenvalue weighted by Crippen LogP contribution is -2.48. The molecular weight excluding hydrogens is 439 g/mol. The van der Waals surface area contributed by atoms with E-state index in [-0.39, 0.29) is 11.7 Å². The minimum absolute atomic E-state index is 0.00339. The van der Waals surface area contributed by atoms with E-state index in [2.05, 4.69) is 29.5 Å². The number of carbonyl (C=O) groups excluding carboxylic acids is 2. The van der Waals surface area contributed by atoms with Crippen molar-refractivity contribution in [3.63, 3.8) is 0 Å². The molecule has 2 N–H and O–H groups in total. The van der Waals surface area contributed by atoms with Crippen LogP contribution in [0.3, 0.4) is 0 Å². The Kier molecular flexibility index (Phi) is 9.05. The Bertz CT molecular complexity index is 588. The van der Waals surface area contributed by atoms with E-state index in [1.165, 1.54) is 25.7 Å². The summed E-state index contributed by atoms with van der Waals surface area (Å²) in [5.41, 5.74) is 6.89. The van der Waals surface area contributed by atoms with E-state index in [9.17, 15) is 9.59 Å². The molecule has 1 aliphatic heterocycles. The Labute approximate surface area is 171 Å². The van der Waals surface area contributed by atoms with Gasteiger partial charge in [-0.05, 0) is 54.0 Å². The second-order valence-corrected chi connectivity index (χ2v) is 8.48. The highest BCUT2D eigenvalue weighted by atomic mass is 127. The van der Waals surface area contributed by atoms with Gasteiger partial charge in [0.15, 0.2) is 5.78 Å². The number of nitrogens with zero attached hydrogens (tertiary/aromatic N) is 1. The molecule has 1 aromatic carbocycles. The van der Waals surface area contributed by atoms with Crippen molar-refractivity contribution in [2.24, 2.45) is 11.7 Å². The molecule has 1 aliphatic rings. The van der Waals surface area contributed by atoms with E-state index in [0.29, 0.717) is 12.0 Å². The number of carbonyl (C=O) groups is 2. The van der Waals surface area contributed by atoms with Gasteiger partial charge in [-0.15, -0.1) is 0 Å². The van der Waals surface area contributed by atoms with Gasteiger partial charge in [0.05, 0.1) is 6.04 Å². The molecule has 144 valence electrons. The summed E-state index contributed by atoms with van der Waals surface area (Å²) in [6, 6.07) is 6.79. The Morgan fingerprint density at radius 1 is 1.15 bits per heavy atom. The third-order valence-electron chi connectivity index (χ3n) is 5.22. The quantitative estimate of drug-likeness (QED) is 0.331. The fourth-order valence-electron chi connectivity index (χ4n) is 3.60. The molecule has 2 rings (SSSR count). The van der Waals surface area contributed by atoms with E-state index < -0.39 is 12.0 Å². The van der Waals surface area contributed by atoms with E-state index in [0.717, 1.165) is 35.9 Å². The minimum Gasteiger partial charge on any atom is -0.341 e. The number of halogens is 1. The molecule has 0 bridgehead atoms. The molecule has 2 atom stereocenters. The number of hydrogen-bond acceptors (Lipinski definition) is 3. The number of nitrogens with two attached hydrogens (primary N) is 1. The van der Waals surface area contributed by atoms with Crippen LogP contribution in [-0.4, -0.2) is 35.7 Å². The van der Waals surface area contributed by atoms with Gasteiger partial charge in [-0.3, -0.25) is 9.59 Å². The average molecular weight is 470 g/mol. The normalized spacial score (nSPS) is 20.9. The highest BCUT2D eigenvalue weighted by Crippen LogP contribution is 2.23. The highest BCUT2D eigenvalue weighted by molar-refractivity contribution is 14.1. The van der Waals surface area contributed by atoms with Crippen molar-refractivity contribution in [1.82, 2.24) is 4.90 Å². The van der Waals surface area contributed by atoms with E-state index in [1.807, 2.05) is 29.2 Å². The van der Waals surface area contributed by atoms with E-state index >= 15 is 0 Å². The molecule has 1 unspecified atom stereocenters. The summed E-state index contributed by atoms with van der Waals surface area (Å²) < 4.78 is 1.09. The third-order valence-corrected chi connectivity index (χ3v) is 5.94. The van der Waals surface area contributed by atoms with Crippen LogP contribution in [0.1, 0.15) is 68.6 Å². The van der Waals surface area contributed by atoms with Crippen LogP contribution >= 0.6 is 22.6 Å². The van der Waals surface area contributed by atoms with Gasteiger partial charge in [0.1, 0.15) is 0 Å². The van der Waals surface area contributed by atoms with Crippen molar-refractivity contribution in [2.45, 2.75) is 64.3 Å². The molecular formula is C21H31IN2O2. The number of benzene rings is 1. The van der Waals surface area contributed by atoms with Crippen LogP contribution in [0, 0.1) is 9.49 Å². The minimum atomic E-state index is -0.718. The number of likely N-dealkylation sites (tertiary alicyclic amines) is 1. The van der Waals surface area contributed by atoms with Gasteiger partial charge in [-0.2, -0.15) is 0 Å². The third kappa shape index (κ3) is 6.05. The Hall–Kier alpha value is -0.950. The first-order valence-corrected chi connectivity index (χ1v) is 11.0. The summed E-state index contributed by atoms with van der Waals surface area (Å²) in [6.45, 7) is 3.70. The smallest absolute Gasteiger partial charge is 0.240 e. The Balaban J connectivity index is 1.90. The van der Waals surface area contributed by atoms with Crippen molar-refractivity contribution in [2.75, 3.05) is 13.1 Å². The van der Waals surface area contributed by atoms with Gasteiger partial charge in [0, 0.05) is 28.1 Å². The van der Waals surface area contributed by atoms with Crippen LogP contribution in [0.5, 0.6) is 0 Å². The zero-order valence-corrected chi connectivity index (χ0v) is 17.9. The molecule has 4 nitrogen and oxygen atoms in total. The fourth-order valence-corrected chi connectivity index (χ4v) is 3.96. The van der Waals surface area contributed by atoms with Crippen LogP contribution in [0.25, 0.3) is 0 Å². The lowest BCUT2D eigenvalue weighted by atomic mass is 9.88. The van der Waals surface area contributed by atoms with Gasteiger partial charge in [0.25, 0.3) is 0 Å². The fraction of sp³-hybridized carbons (Fsp3) is 0.619. The van der Waals surface area contributed by atoms with Crippen LogP contribution in [0.2, 0.25) is 0 Å².